The van der Waals surface area contributed by atoms with Crippen molar-refractivity contribution in [3.63, 3.8) is 0 Å². The van der Waals surface area contributed by atoms with E-state index in [2.05, 4.69) is 298 Å². The van der Waals surface area contributed by atoms with E-state index in [-0.39, 0.29) is 12.1 Å². The molecule has 0 unspecified atom stereocenters. The molecule has 0 amide bonds. The second-order valence-corrected chi connectivity index (χ2v) is 20.3. The molecule has 342 valence electrons. The summed E-state index contributed by atoms with van der Waals surface area (Å²) in [5, 5.41) is 0. The molecule has 0 spiro atoms. The van der Waals surface area contributed by atoms with Gasteiger partial charge < -0.3 is 14.7 Å². The molecule has 0 atom stereocenters. The summed E-state index contributed by atoms with van der Waals surface area (Å²) in [6.45, 7) is 11.5. The van der Waals surface area contributed by atoms with Crippen LogP contribution in [0.1, 0.15) is 59.7 Å². The predicted molar refractivity (Wildman–Crippen MR) is 302 cm³/mol. The van der Waals surface area contributed by atoms with Gasteiger partial charge in [-0.05, 0) is 148 Å². The van der Waals surface area contributed by atoms with E-state index in [1.807, 2.05) is 0 Å². The van der Waals surface area contributed by atoms with Gasteiger partial charge in [0, 0.05) is 51.2 Å². The van der Waals surface area contributed by atoms with Gasteiger partial charge in [0.2, 0.25) is 0 Å². The minimum Gasteiger partial charge on any atom is -0.311 e. The van der Waals surface area contributed by atoms with Crippen LogP contribution in [-0.4, -0.2) is 6.71 Å². The number of para-hydroxylation sites is 2. The van der Waals surface area contributed by atoms with Gasteiger partial charge in [-0.3, -0.25) is 0 Å². The maximum Gasteiger partial charge on any atom is 0.252 e. The van der Waals surface area contributed by atoms with Crippen LogP contribution in [0.5, 0.6) is 0 Å². The van der Waals surface area contributed by atoms with Crippen molar-refractivity contribution in [2.75, 3.05) is 14.7 Å². The van der Waals surface area contributed by atoms with Crippen molar-refractivity contribution in [3.8, 4) is 0 Å². The highest BCUT2D eigenvalue weighted by Gasteiger charge is 2.45. The molecular weight excluding hydrogens is 858 g/mol. The number of anilines is 9. The monoisotopic (exact) mass is 913 g/mol. The number of nitrogens with zero attached hydrogens (tertiary/aromatic N) is 3. The fourth-order valence-corrected chi connectivity index (χ4v) is 11.5. The SMILES string of the molecule is Cc1ccc2c(c1)B1c3cc(C)ccc3N(c3ccc(C(c4ccccc4)(c4ccccc4)c4ccccc4)cc3)c3cc(C(C)(C)C)cc(c31)N2c1ccc(N(c2ccccc2)c2ccccc2)cc1. The van der Waals surface area contributed by atoms with Crippen molar-refractivity contribution < 1.29 is 0 Å². The van der Waals surface area contributed by atoms with Crippen LogP contribution in [0.3, 0.4) is 0 Å². The highest BCUT2D eigenvalue weighted by Crippen LogP contribution is 2.49. The third-order valence-electron chi connectivity index (χ3n) is 14.8. The molecule has 0 N–H and O–H groups in total. The third-order valence-corrected chi connectivity index (χ3v) is 14.8. The van der Waals surface area contributed by atoms with Gasteiger partial charge in [0.15, 0.2) is 0 Å². The third kappa shape index (κ3) is 7.45. The van der Waals surface area contributed by atoms with E-state index in [9.17, 15) is 0 Å². The highest BCUT2D eigenvalue weighted by molar-refractivity contribution is 7.00. The molecule has 0 aliphatic carbocycles. The summed E-state index contributed by atoms with van der Waals surface area (Å²) < 4.78 is 0. The van der Waals surface area contributed by atoms with Crippen molar-refractivity contribution >= 4 is 74.3 Å². The zero-order valence-corrected chi connectivity index (χ0v) is 41.1. The Labute approximate surface area is 420 Å². The van der Waals surface area contributed by atoms with Crippen LogP contribution in [0.25, 0.3) is 0 Å². The first kappa shape index (κ1) is 43.9. The van der Waals surface area contributed by atoms with Crippen LogP contribution in [-0.2, 0) is 10.8 Å². The lowest BCUT2D eigenvalue weighted by Gasteiger charge is -2.45. The number of benzene rings is 10. The zero-order chi connectivity index (χ0) is 48.3. The molecule has 0 saturated heterocycles. The molecule has 2 aliphatic rings. The molecule has 2 aliphatic heterocycles. The topological polar surface area (TPSA) is 9.72 Å². The molecule has 0 aromatic heterocycles. The van der Waals surface area contributed by atoms with E-state index in [1.165, 1.54) is 78.1 Å². The number of hydrogen-bond acceptors (Lipinski definition) is 3. The molecule has 0 saturated carbocycles. The van der Waals surface area contributed by atoms with Crippen LogP contribution in [0.2, 0.25) is 0 Å². The molecule has 2 heterocycles. The molecular formula is C67H56BN3. The fourth-order valence-electron chi connectivity index (χ4n) is 11.5. The fraction of sp³-hybridized carbons (Fsp3) is 0.104. The van der Waals surface area contributed by atoms with Crippen molar-refractivity contribution in [2.24, 2.45) is 0 Å². The van der Waals surface area contributed by atoms with Gasteiger partial charge in [-0.25, -0.2) is 0 Å². The summed E-state index contributed by atoms with van der Waals surface area (Å²) in [6.07, 6.45) is 0. The summed E-state index contributed by atoms with van der Waals surface area (Å²) in [6, 6.07) is 92.1. The van der Waals surface area contributed by atoms with E-state index < -0.39 is 5.41 Å². The second-order valence-electron chi connectivity index (χ2n) is 20.3. The van der Waals surface area contributed by atoms with Gasteiger partial charge in [0.1, 0.15) is 0 Å². The quantitative estimate of drug-likeness (QED) is 0.106. The first-order valence-electron chi connectivity index (χ1n) is 25.0. The Morgan fingerprint density at radius 1 is 0.338 bits per heavy atom. The van der Waals surface area contributed by atoms with Crippen LogP contribution < -0.4 is 31.1 Å². The first-order valence-corrected chi connectivity index (χ1v) is 25.0. The standard InChI is InChI=1S/C67H56BN3/c1-47-31-41-61-59(43-47)68-60-44-48(2)32-42-62(60)71(58-39-37-56(38-40-58)69(54-27-17-9-18-28-54)55-29-19-10-20-30-55)64-46-53(66(3,4)5)45-63(65(64)68)70(61)57-35-33-52(34-36-57)67(49-21-11-6-12-22-49,50-23-13-7-14-24-50)51-25-15-8-16-26-51/h6-46H,1-5H3. The highest BCUT2D eigenvalue weighted by atomic mass is 15.2. The van der Waals surface area contributed by atoms with Crippen LogP contribution >= 0.6 is 0 Å². The minimum absolute atomic E-state index is 0.0263. The van der Waals surface area contributed by atoms with Crippen molar-refractivity contribution in [3.05, 3.63) is 288 Å². The average Bonchev–Trinajstić information content (AvgIpc) is 3.41. The molecule has 0 radical (unpaired) electrons. The number of fused-ring (bicyclic) bond motifs is 4. The normalized spacial score (nSPS) is 12.8. The summed E-state index contributed by atoms with van der Waals surface area (Å²) >= 11 is 0. The van der Waals surface area contributed by atoms with E-state index in [0.717, 1.165) is 28.4 Å². The molecule has 10 aromatic rings. The largest absolute Gasteiger partial charge is 0.311 e. The van der Waals surface area contributed by atoms with Gasteiger partial charge >= 0.3 is 0 Å². The predicted octanol–water partition coefficient (Wildman–Crippen LogP) is 15.5. The van der Waals surface area contributed by atoms with Crippen LogP contribution in [0.4, 0.5) is 51.2 Å². The Kier molecular flexibility index (Phi) is 10.9. The van der Waals surface area contributed by atoms with E-state index in [0.29, 0.717) is 0 Å². The van der Waals surface area contributed by atoms with Gasteiger partial charge in [-0.15, -0.1) is 0 Å². The number of hydrogen-bond donors (Lipinski definition) is 0. The van der Waals surface area contributed by atoms with Gasteiger partial charge in [-0.1, -0.05) is 196 Å². The van der Waals surface area contributed by atoms with Crippen molar-refractivity contribution in [2.45, 2.75) is 45.4 Å². The maximum absolute atomic E-state index is 2.55. The Hall–Kier alpha value is -8.34. The Balaban J connectivity index is 1.07. The molecule has 12 rings (SSSR count). The molecule has 71 heavy (non-hydrogen) atoms. The van der Waals surface area contributed by atoms with E-state index in [4.69, 9.17) is 0 Å². The van der Waals surface area contributed by atoms with Crippen LogP contribution in [0.15, 0.2) is 249 Å². The van der Waals surface area contributed by atoms with Gasteiger partial charge in [0.05, 0.1) is 5.41 Å². The second kappa shape index (κ2) is 17.6. The Morgan fingerprint density at radius 2 is 0.690 bits per heavy atom. The van der Waals surface area contributed by atoms with Crippen molar-refractivity contribution in [1.82, 2.24) is 0 Å². The smallest absolute Gasteiger partial charge is 0.252 e. The van der Waals surface area contributed by atoms with E-state index in [1.54, 1.807) is 0 Å². The molecule has 0 fully saturated rings. The van der Waals surface area contributed by atoms with Gasteiger partial charge in [-0.2, -0.15) is 0 Å². The molecule has 0 bridgehead atoms. The summed E-state index contributed by atoms with van der Waals surface area (Å²) in [5.41, 5.74) is 22.4. The van der Waals surface area contributed by atoms with E-state index >= 15 is 0 Å². The lowest BCUT2D eigenvalue weighted by molar-refractivity contribution is 0.590. The number of aryl methyl sites for hydroxylation is 2. The molecule has 10 aromatic carbocycles. The molecule has 3 nitrogen and oxygen atoms in total. The Bertz CT molecular complexity index is 3380. The summed E-state index contributed by atoms with van der Waals surface area (Å²) in [5.74, 6) is 0. The van der Waals surface area contributed by atoms with Crippen LogP contribution in [0, 0.1) is 13.8 Å². The minimum atomic E-state index is -0.549. The maximum atomic E-state index is 2.55. The summed E-state index contributed by atoms with van der Waals surface area (Å²) in [4.78, 5) is 7.42. The zero-order valence-electron chi connectivity index (χ0n) is 41.1. The summed E-state index contributed by atoms with van der Waals surface area (Å²) in [7, 11) is 0. The van der Waals surface area contributed by atoms with Gasteiger partial charge in [0.25, 0.3) is 6.71 Å². The first-order chi connectivity index (χ1) is 34.7. The Morgan fingerprint density at radius 3 is 1.08 bits per heavy atom. The number of rotatable bonds is 9. The average molecular weight is 914 g/mol. The molecule has 4 heteroatoms. The lowest BCUT2D eigenvalue weighted by atomic mass is 9.33. The lowest BCUT2D eigenvalue weighted by Crippen LogP contribution is -2.61. The van der Waals surface area contributed by atoms with Crippen molar-refractivity contribution in [1.29, 1.82) is 0 Å².